The predicted molar refractivity (Wildman–Crippen MR) is 144 cm³/mol. The minimum atomic E-state index is -0.303. The van der Waals surface area contributed by atoms with Gasteiger partial charge in [0.15, 0.2) is 0 Å². The summed E-state index contributed by atoms with van der Waals surface area (Å²) in [6.45, 7) is 7.27. The highest BCUT2D eigenvalue weighted by molar-refractivity contribution is 6.62. The number of fused-ring (bicyclic) bond motifs is 10. The van der Waals surface area contributed by atoms with Crippen LogP contribution in [0.3, 0.4) is 0 Å². The minimum Gasteiger partial charge on any atom is -0.405 e. The predicted octanol–water partition coefficient (Wildman–Crippen LogP) is 5.74. The summed E-state index contributed by atoms with van der Waals surface area (Å²) in [6, 6.07) is 27.8. The summed E-state index contributed by atoms with van der Waals surface area (Å²) in [5.74, 6) is 0. The molecule has 7 rings (SSSR count). The molecule has 2 aromatic heterocycles. The van der Waals surface area contributed by atoms with Gasteiger partial charge in [-0.2, -0.15) is 0 Å². The third-order valence-electron chi connectivity index (χ3n) is 6.16. The van der Waals surface area contributed by atoms with Crippen LogP contribution < -0.4 is 5.46 Å². The van der Waals surface area contributed by atoms with E-state index in [1.807, 2.05) is 6.07 Å². The van der Waals surface area contributed by atoms with Gasteiger partial charge in [0.2, 0.25) is 0 Å². The van der Waals surface area contributed by atoms with Gasteiger partial charge in [0, 0.05) is 16.2 Å². The van der Waals surface area contributed by atoms with Crippen LogP contribution in [0.1, 0.15) is 0 Å². The maximum atomic E-state index is 5.78. The molecule has 6 aromatic rings. The van der Waals surface area contributed by atoms with Crippen molar-refractivity contribution in [2.75, 3.05) is 13.2 Å². The number of nitrogens with zero attached hydrogens (tertiary/aromatic N) is 2. The Morgan fingerprint density at radius 3 is 2.29 bits per heavy atom. The Balaban J connectivity index is 0.000000574. The zero-order chi connectivity index (χ0) is 23.7. The maximum Gasteiger partial charge on any atom is 0.494 e. The topological polar surface area (TPSA) is 35.8 Å². The normalized spacial score (nSPS) is 13.2. The lowest BCUT2D eigenvalue weighted by Gasteiger charge is -2.13. The fraction of sp³-hybridized carbons (Fsp3) is 0.0690. The Morgan fingerprint density at radius 2 is 1.47 bits per heavy atom. The number of para-hydroxylation sites is 2. The number of hydrogen-bond donors (Lipinski definition) is 0. The highest BCUT2D eigenvalue weighted by atomic mass is 16.6. The van der Waals surface area contributed by atoms with Gasteiger partial charge < -0.3 is 9.31 Å². The lowest BCUT2D eigenvalue weighted by molar-refractivity contribution is 0.365. The van der Waals surface area contributed by atoms with Crippen molar-refractivity contribution < 1.29 is 9.31 Å². The molecule has 0 aliphatic carbocycles. The Kier molecular flexibility index (Phi) is 5.77. The first kappa shape index (κ1) is 21.7. The molecule has 0 saturated carbocycles. The fourth-order valence-electron chi connectivity index (χ4n) is 4.84. The number of hydrogen-bond acceptors (Lipinski definition) is 3. The highest BCUT2D eigenvalue weighted by Crippen LogP contribution is 2.36. The van der Waals surface area contributed by atoms with Crippen LogP contribution in [0.5, 0.6) is 0 Å². The van der Waals surface area contributed by atoms with Crippen LogP contribution in [-0.4, -0.2) is 29.7 Å². The van der Waals surface area contributed by atoms with E-state index < -0.39 is 0 Å². The molecule has 4 nitrogen and oxygen atoms in total. The molecule has 1 aliphatic rings. The standard InChI is InChI=1S/C25H17BN2O2.C2H4.C2H2/c1-2-6-18-16(5-1)9-11-20-24(18)19-12-10-17(26-29-13-14-30-26)15-23(19)28-22-8-4-3-7-21(22)27-25(20)28;2*1-2/h1-12,15H,13-14H2;1-2H2;1-2H. The number of pyridine rings is 1. The van der Waals surface area contributed by atoms with Gasteiger partial charge in [0.1, 0.15) is 5.65 Å². The molecule has 0 atom stereocenters. The molecule has 0 unspecified atom stereocenters. The molecule has 5 heteroatoms. The van der Waals surface area contributed by atoms with Crippen molar-refractivity contribution in [3.05, 3.63) is 92.0 Å². The van der Waals surface area contributed by atoms with Crippen LogP contribution in [-0.2, 0) is 9.31 Å². The first-order chi connectivity index (χ1) is 16.9. The number of aromatic nitrogens is 2. The van der Waals surface area contributed by atoms with Gasteiger partial charge in [0.25, 0.3) is 0 Å². The Bertz CT molecular complexity index is 1680. The first-order valence-corrected chi connectivity index (χ1v) is 11.1. The van der Waals surface area contributed by atoms with Crippen molar-refractivity contribution in [1.82, 2.24) is 9.38 Å². The third kappa shape index (κ3) is 3.24. The van der Waals surface area contributed by atoms with Crippen molar-refractivity contribution in [2.45, 2.75) is 0 Å². The van der Waals surface area contributed by atoms with E-state index in [9.17, 15) is 0 Å². The van der Waals surface area contributed by atoms with Crippen LogP contribution in [0.15, 0.2) is 92.0 Å². The zero-order valence-corrected chi connectivity index (χ0v) is 18.8. The number of rotatable bonds is 1. The summed E-state index contributed by atoms with van der Waals surface area (Å²) in [5.41, 5.74) is 5.25. The van der Waals surface area contributed by atoms with Crippen LogP contribution >= 0.6 is 0 Å². The van der Waals surface area contributed by atoms with Crippen molar-refractivity contribution in [2.24, 2.45) is 0 Å². The molecule has 3 heterocycles. The quantitative estimate of drug-likeness (QED) is 0.141. The van der Waals surface area contributed by atoms with Gasteiger partial charge in [-0.15, -0.1) is 26.0 Å². The summed E-state index contributed by atoms with van der Waals surface area (Å²) in [6.07, 6.45) is 8.00. The van der Waals surface area contributed by atoms with Crippen LogP contribution in [0.2, 0.25) is 0 Å². The molecule has 1 fully saturated rings. The van der Waals surface area contributed by atoms with Gasteiger partial charge >= 0.3 is 7.12 Å². The second kappa shape index (κ2) is 9.03. The van der Waals surface area contributed by atoms with E-state index >= 15 is 0 Å². The average Bonchev–Trinajstić information content (AvgIpc) is 3.59. The molecule has 1 saturated heterocycles. The van der Waals surface area contributed by atoms with Crippen molar-refractivity contribution in [3.63, 3.8) is 0 Å². The van der Waals surface area contributed by atoms with Crippen molar-refractivity contribution >= 4 is 61.7 Å². The molecular formula is C29H23BN2O2. The van der Waals surface area contributed by atoms with E-state index in [-0.39, 0.29) is 7.12 Å². The molecule has 0 bridgehead atoms. The summed E-state index contributed by atoms with van der Waals surface area (Å²) in [5, 5.41) is 6.09. The monoisotopic (exact) mass is 442 g/mol. The van der Waals surface area contributed by atoms with Gasteiger partial charge in [0.05, 0.1) is 29.8 Å². The van der Waals surface area contributed by atoms with Crippen LogP contribution in [0.25, 0.3) is 49.1 Å². The lowest BCUT2D eigenvalue weighted by atomic mass is 9.79. The molecule has 1 aliphatic heterocycles. The average molecular weight is 442 g/mol. The Morgan fingerprint density at radius 1 is 0.765 bits per heavy atom. The third-order valence-corrected chi connectivity index (χ3v) is 6.16. The van der Waals surface area contributed by atoms with Gasteiger partial charge in [-0.25, -0.2) is 4.98 Å². The summed E-state index contributed by atoms with van der Waals surface area (Å²) in [7, 11) is -0.303. The molecule has 0 amide bonds. The first-order valence-electron chi connectivity index (χ1n) is 11.1. The van der Waals surface area contributed by atoms with Crippen LogP contribution in [0, 0.1) is 12.8 Å². The van der Waals surface area contributed by atoms with E-state index in [0.29, 0.717) is 13.2 Å². The van der Waals surface area contributed by atoms with Gasteiger partial charge in [-0.05, 0) is 40.5 Å². The number of terminal acetylenes is 1. The second-order valence-corrected chi connectivity index (χ2v) is 7.82. The number of benzene rings is 4. The molecule has 164 valence electrons. The molecule has 0 radical (unpaired) electrons. The SMILES string of the molecule is C#C.C=C.c1ccc2c(c1)ccc1c2c2ccc(B3OCCO3)cc2n2c3ccccc3nc12. The lowest BCUT2D eigenvalue weighted by Crippen LogP contribution is -2.31. The highest BCUT2D eigenvalue weighted by Gasteiger charge is 2.27. The number of imidazole rings is 1. The van der Waals surface area contributed by atoms with E-state index in [0.717, 1.165) is 27.7 Å². The van der Waals surface area contributed by atoms with Gasteiger partial charge in [-0.3, -0.25) is 4.40 Å². The van der Waals surface area contributed by atoms with Crippen LogP contribution in [0.4, 0.5) is 0 Å². The smallest absolute Gasteiger partial charge is 0.405 e. The maximum absolute atomic E-state index is 5.78. The fourth-order valence-corrected chi connectivity index (χ4v) is 4.84. The largest absolute Gasteiger partial charge is 0.494 e. The Labute approximate surface area is 198 Å². The summed E-state index contributed by atoms with van der Waals surface area (Å²) >= 11 is 0. The van der Waals surface area contributed by atoms with E-state index in [1.165, 1.54) is 26.9 Å². The summed E-state index contributed by atoms with van der Waals surface area (Å²) < 4.78 is 13.8. The molecule has 0 spiro atoms. The Hall–Kier alpha value is -4.11. The van der Waals surface area contributed by atoms with Gasteiger partial charge in [-0.1, -0.05) is 54.6 Å². The van der Waals surface area contributed by atoms with Crippen molar-refractivity contribution in [1.29, 1.82) is 0 Å². The molecular weight excluding hydrogens is 419 g/mol. The molecule has 4 aromatic carbocycles. The summed E-state index contributed by atoms with van der Waals surface area (Å²) in [4.78, 5) is 5.03. The molecule has 34 heavy (non-hydrogen) atoms. The van der Waals surface area contributed by atoms with E-state index in [1.54, 1.807) is 0 Å². The van der Waals surface area contributed by atoms with Crippen molar-refractivity contribution in [3.8, 4) is 12.8 Å². The van der Waals surface area contributed by atoms with E-state index in [2.05, 4.69) is 103 Å². The second-order valence-electron chi connectivity index (χ2n) is 7.82. The van der Waals surface area contributed by atoms with E-state index in [4.69, 9.17) is 14.3 Å². The molecule has 0 N–H and O–H groups in total. The zero-order valence-electron chi connectivity index (χ0n) is 18.8. The minimum absolute atomic E-state index is 0.303.